The van der Waals surface area contributed by atoms with Crippen molar-refractivity contribution in [3.05, 3.63) is 27.0 Å². The molecule has 2 aromatic rings. The van der Waals surface area contributed by atoms with E-state index >= 15 is 0 Å². The summed E-state index contributed by atoms with van der Waals surface area (Å²) in [6.45, 7) is 4.15. The van der Waals surface area contributed by atoms with Crippen molar-refractivity contribution >= 4 is 69.3 Å². The number of aromatic nitrogens is 1. The van der Waals surface area contributed by atoms with Gasteiger partial charge in [0.05, 0.1) is 4.88 Å². The van der Waals surface area contributed by atoms with E-state index in [0.29, 0.717) is 12.2 Å². The molecule has 0 atom stereocenters. The van der Waals surface area contributed by atoms with E-state index in [1.54, 1.807) is 16.7 Å². The fraction of sp³-hybridized carbons (Fsp3) is 0.333. The molecule has 0 bridgehead atoms. The number of amides is 1. The predicted octanol–water partition coefficient (Wildman–Crippen LogP) is 3.94. The van der Waals surface area contributed by atoms with Crippen molar-refractivity contribution in [2.75, 3.05) is 6.54 Å². The van der Waals surface area contributed by atoms with E-state index in [1.807, 2.05) is 25.3 Å². The lowest BCUT2D eigenvalue weighted by molar-refractivity contribution is 0.0911. The minimum absolute atomic E-state index is 0. The molecule has 118 valence electrons. The lowest BCUT2D eigenvalue weighted by atomic mass is 10.1. The molecule has 2 rings (SSSR count). The SMILES string of the molecule is CC(C)(CN)NC(=O)c1csc(-c2cc(Br)cs2)n1.Cl.Cl. The Bertz CT molecular complexity index is 601. The quantitative estimate of drug-likeness (QED) is 0.768. The minimum Gasteiger partial charge on any atom is -0.345 e. The molecule has 0 unspecified atom stereocenters. The Balaban J connectivity index is 0.00000200. The molecular formula is C12H16BrCl2N3OS2. The van der Waals surface area contributed by atoms with Gasteiger partial charge in [0.15, 0.2) is 0 Å². The van der Waals surface area contributed by atoms with E-state index < -0.39 is 5.54 Å². The molecule has 2 heterocycles. The van der Waals surface area contributed by atoms with Crippen LogP contribution in [-0.2, 0) is 0 Å². The maximum atomic E-state index is 12.0. The van der Waals surface area contributed by atoms with Crippen LogP contribution in [0.3, 0.4) is 0 Å². The minimum atomic E-state index is -0.424. The Morgan fingerprint density at radius 1 is 1.38 bits per heavy atom. The molecule has 3 N–H and O–H groups in total. The van der Waals surface area contributed by atoms with E-state index in [4.69, 9.17) is 5.73 Å². The van der Waals surface area contributed by atoms with Crippen LogP contribution in [0.2, 0.25) is 0 Å². The van der Waals surface area contributed by atoms with Crippen LogP contribution in [0.4, 0.5) is 0 Å². The number of nitrogens with one attached hydrogen (secondary N) is 1. The van der Waals surface area contributed by atoms with Crippen molar-refractivity contribution in [2.45, 2.75) is 19.4 Å². The Hall–Kier alpha value is -0.180. The summed E-state index contributed by atoms with van der Waals surface area (Å²) in [5.41, 5.74) is 5.61. The maximum Gasteiger partial charge on any atom is 0.271 e. The normalized spacial score (nSPS) is 10.5. The highest BCUT2D eigenvalue weighted by Gasteiger charge is 2.21. The number of rotatable bonds is 4. The molecule has 0 radical (unpaired) electrons. The van der Waals surface area contributed by atoms with E-state index in [2.05, 4.69) is 26.2 Å². The van der Waals surface area contributed by atoms with E-state index in [9.17, 15) is 4.79 Å². The second-order valence-corrected chi connectivity index (χ2v) is 7.39. The molecular weight excluding hydrogens is 417 g/mol. The molecule has 0 aliphatic carbocycles. The van der Waals surface area contributed by atoms with Crippen LogP contribution in [0.15, 0.2) is 21.3 Å². The van der Waals surface area contributed by atoms with Gasteiger partial charge in [-0.15, -0.1) is 47.5 Å². The van der Waals surface area contributed by atoms with Crippen molar-refractivity contribution in [1.82, 2.24) is 10.3 Å². The number of carbonyl (C=O) groups excluding carboxylic acids is 1. The van der Waals surface area contributed by atoms with Crippen LogP contribution in [-0.4, -0.2) is 23.0 Å². The second-order valence-electron chi connectivity index (χ2n) is 4.71. The fourth-order valence-electron chi connectivity index (χ4n) is 1.34. The summed E-state index contributed by atoms with van der Waals surface area (Å²) in [7, 11) is 0. The number of halogens is 3. The number of nitrogens with two attached hydrogens (primary N) is 1. The molecule has 0 aliphatic heterocycles. The Kier molecular flexibility index (Phi) is 8.38. The Morgan fingerprint density at radius 3 is 2.57 bits per heavy atom. The highest BCUT2D eigenvalue weighted by Crippen LogP contribution is 2.31. The van der Waals surface area contributed by atoms with Crippen molar-refractivity contribution in [3.63, 3.8) is 0 Å². The molecule has 9 heteroatoms. The van der Waals surface area contributed by atoms with E-state index in [0.717, 1.165) is 14.4 Å². The number of hydrogen-bond donors (Lipinski definition) is 2. The van der Waals surface area contributed by atoms with Gasteiger partial charge in [-0.3, -0.25) is 4.79 Å². The van der Waals surface area contributed by atoms with Crippen molar-refractivity contribution in [1.29, 1.82) is 0 Å². The average molecular weight is 433 g/mol. The number of carbonyl (C=O) groups is 1. The zero-order valence-electron chi connectivity index (χ0n) is 11.4. The summed E-state index contributed by atoms with van der Waals surface area (Å²) in [5.74, 6) is -0.187. The lowest BCUT2D eigenvalue weighted by Crippen LogP contribution is -2.48. The zero-order chi connectivity index (χ0) is 14.0. The third-order valence-corrected chi connectivity index (χ3v) is 5.18. The summed E-state index contributed by atoms with van der Waals surface area (Å²) in [5, 5.41) is 7.48. The van der Waals surface area contributed by atoms with Gasteiger partial charge in [0, 0.05) is 27.3 Å². The predicted molar refractivity (Wildman–Crippen MR) is 98.2 cm³/mol. The summed E-state index contributed by atoms with van der Waals surface area (Å²) >= 11 is 6.47. The van der Waals surface area contributed by atoms with Crippen LogP contribution >= 0.6 is 63.4 Å². The van der Waals surface area contributed by atoms with Crippen molar-refractivity contribution < 1.29 is 4.79 Å². The van der Waals surface area contributed by atoms with Gasteiger partial charge in [0.1, 0.15) is 10.7 Å². The largest absolute Gasteiger partial charge is 0.345 e. The van der Waals surface area contributed by atoms with Crippen LogP contribution in [0, 0.1) is 0 Å². The van der Waals surface area contributed by atoms with Crippen LogP contribution in [0.1, 0.15) is 24.3 Å². The van der Waals surface area contributed by atoms with Gasteiger partial charge in [-0.05, 0) is 35.8 Å². The molecule has 21 heavy (non-hydrogen) atoms. The molecule has 4 nitrogen and oxygen atoms in total. The molecule has 1 amide bonds. The molecule has 2 aromatic heterocycles. The van der Waals surface area contributed by atoms with E-state index in [-0.39, 0.29) is 30.7 Å². The smallest absolute Gasteiger partial charge is 0.271 e. The number of nitrogens with zero attached hydrogens (tertiary/aromatic N) is 1. The lowest BCUT2D eigenvalue weighted by Gasteiger charge is -2.23. The standard InChI is InChI=1S/C12H14BrN3OS2.2ClH/c1-12(2,6-14)16-10(17)8-5-19-11(15-8)9-3-7(13)4-18-9;;/h3-5H,6,14H2,1-2H3,(H,16,17);2*1H. The molecule has 0 aromatic carbocycles. The summed E-state index contributed by atoms with van der Waals surface area (Å²) in [4.78, 5) is 17.5. The maximum absolute atomic E-state index is 12.0. The van der Waals surface area contributed by atoms with Crippen LogP contribution in [0.5, 0.6) is 0 Å². The van der Waals surface area contributed by atoms with Gasteiger partial charge < -0.3 is 11.1 Å². The number of thiazole rings is 1. The monoisotopic (exact) mass is 431 g/mol. The zero-order valence-corrected chi connectivity index (χ0v) is 16.2. The summed E-state index contributed by atoms with van der Waals surface area (Å²) in [6, 6.07) is 2.00. The first-order chi connectivity index (χ1) is 8.91. The third-order valence-electron chi connectivity index (χ3n) is 2.48. The Labute approximate surface area is 152 Å². The first-order valence-electron chi connectivity index (χ1n) is 5.64. The third kappa shape index (κ3) is 5.50. The van der Waals surface area contributed by atoms with Crippen LogP contribution in [0.25, 0.3) is 9.88 Å². The number of hydrogen-bond acceptors (Lipinski definition) is 5. The molecule has 0 aliphatic rings. The van der Waals surface area contributed by atoms with Gasteiger partial charge in [-0.2, -0.15) is 0 Å². The summed E-state index contributed by atoms with van der Waals surface area (Å²) < 4.78 is 1.03. The van der Waals surface area contributed by atoms with Crippen molar-refractivity contribution in [3.8, 4) is 9.88 Å². The number of thiophene rings is 1. The van der Waals surface area contributed by atoms with E-state index in [1.165, 1.54) is 11.3 Å². The second kappa shape index (κ2) is 8.45. The summed E-state index contributed by atoms with van der Waals surface area (Å²) in [6.07, 6.45) is 0. The first-order valence-corrected chi connectivity index (χ1v) is 8.19. The average Bonchev–Trinajstić information content (AvgIpc) is 2.96. The van der Waals surface area contributed by atoms with Crippen molar-refractivity contribution in [2.24, 2.45) is 5.73 Å². The van der Waals surface area contributed by atoms with Crippen LogP contribution < -0.4 is 11.1 Å². The highest BCUT2D eigenvalue weighted by atomic mass is 79.9. The Morgan fingerprint density at radius 2 is 2.05 bits per heavy atom. The molecule has 0 fully saturated rings. The fourth-order valence-corrected chi connectivity index (χ4v) is 3.65. The van der Waals surface area contributed by atoms with Gasteiger partial charge >= 0.3 is 0 Å². The van der Waals surface area contributed by atoms with Gasteiger partial charge in [0.2, 0.25) is 0 Å². The molecule has 0 saturated carbocycles. The van der Waals surface area contributed by atoms with Gasteiger partial charge in [-0.25, -0.2) is 4.98 Å². The topological polar surface area (TPSA) is 68.0 Å². The molecule has 0 saturated heterocycles. The highest BCUT2D eigenvalue weighted by molar-refractivity contribution is 9.10. The molecule has 0 spiro atoms. The van der Waals surface area contributed by atoms with Gasteiger partial charge in [0.25, 0.3) is 5.91 Å². The van der Waals surface area contributed by atoms with Gasteiger partial charge in [-0.1, -0.05) is 0 Å². The first kappa shape index (κ1) is 20.8.